The van der Waals surface area contributed by atoms with Crippen LogP contribution < -0.4 is 10.5 Å². The van der Waals surface area contributed by atoms with E-state index in [9.17, 15) is 4.79 Å². The molecule has 3 heteroatoms. The molecule has 1 rings (SSSR count). The molecule has 0 bridgehead atoms. The van der Waals surface area contributed by atoms with E-state index in [1.54, 1.807) is 7.11 Å². The van der Waals surface area contributed by atoms with E-state index in [4.69, 9.17) is 10.5 Å². The van der Waals surface area contributed by atoms with E-state index in [2.05, 4.69) is 43.4 Å². The molecule has 0 saturated heterocycles. The van der Waals surface area contributed by atoms with Crippen LogP contribution >= 0.6 is 0 Å². The number of unbranched alkanes of at least 4 members (excludes halogenated alkanes) is 4. The van der Waals surface area contributed by atoms with Gasteiger partial charge in [0.25, 0.3) is 0 Å². The number of allylic oxidation sites excluding steroid dienone is 6. The molecule has 1 aromatic rings. The highest BCUT2D eigenvalue weighted by atomic mass is 16.5. The molecule has 0 fully saturated rings. The van der Waals surface area contributed by atoms with Crippen LogP contribution in [-0.2, 0) is 11.2 Å². The molecule has 0 heterocycles. The quantitative estimate of drug-likeness (QED) is 0.254. The van der Waals surface area contributed by atoms with E-state index in [1.165, 1.54) is 12.8 Å². The minimum Gasteiger partial charge on any atom is -0.497 e. The second kappa shape index (κ2) is 16.6. The number of carbonyl (C=O) groups is 1. The number of rotatable bonds is 16. The van der Waals surface area contributed by atoms with Gasteiger partial charge >= 0.3 is 0 Å². The molecular formula is C26H39NO2. The number of carbonyl (C=O) groups excluding carboxylic acids is 1. The summed E-state index contributed by atoms with van der Waals surface area (Å²) in [5, 5.41) is 0. The van der Waals surface area contributed by atoms with Crippen molar-refractivity contribution >= 4 is 5.91 Å². The first kappa shape index (κ1) is 24.7. The summed E-state index contributed by atoms with van der Waals surface area (Å²) in [6.07, 6.45) is 23.9. The molecule has 1 unspecified atom stereocenters. The number of benzene rings is 1. The van der Waals surface area contributed by atoms with Crippen molar-refractivity contribution in [3.63, 3.8) is 0 Å². The molecule has 0 saturated carbocycles. The minimum atomic E-state index is -0.193. The molecule has 0 aliphatic carbocycles. The second-order valence-corrected chi connectivity index (χ2v) is 7.44. The van der Waals surface area contributed by atoms with Crippen molar-refractivity contribution in [3.8, 4) is 5.75 Å². The van der Waals surface area contributed by atoms with Gasteiger partial charge in [0, 0.05) is 5.92 Å². The van der Waals surface area contributed by atoms with Crippen molar-refractivity contribution in [1.29, 1.82) is 0 Å². The summed E-state index contributed by atoms with van der Waals surface area (Å²) >= 11 is 0. The first-order valence-corrected chi connectivity index (χ1v) is 11.0. The van der Waals surface area contributed by atoms with Crippen LogP contribution in [0.5, 0.6) is 5.75 Å². The Kier molecular flexibility index (Phi) is 14.2. The molecule has 1 atom stereocenters. The smallest absolute Gasteiger partial charge is 0.220 e. The van der Waals surface area contributed by atoms with E-state index >= 15 is 0 Å². The molecule has 0 aromatic heterocycles. The summed E-state index contributed by atoms with van der Waals surface area (Å²) in [5.41, 5.74) is 6.75. The van der Waals surface area contributed by atoms with Gasteiger partial charge in [-0.15, -0.1) is 0 Å². The molecule has 1 amide bonds. The van der Waals surface area contributed by atoms with Crippen LogP contribution in [0, 0.1) is 5.92 Å². The SMILES string of the molecule is CC/C=C\C/C=C\C/C=C\CCCCCCC(Cc1ccc(OC)cc1)C(N)=O. The zero-order chi connectivity index (χ0) is 21.2. The fourth-order valence-electron chi connectivity index (χ4n) is 3.22. The molecule has 2 N–H and O–H groups in total. The first-order valence-electron chi connectivity index (χ1n) is 11.0. The highest BCUT2D eigenvalue weighted by Gasteiger charge is 2.15. The van der Waals surface area contributed by atoms with E-state index < -0.39 is 0 Å². The Morgan fingerprint density at radius 1 is 0.931 bits per heavy atom. The van der Waals surface area contributed by atoms with Gasteiger partial charge in [0.05, 0.1) is 7.11 Å². The van der Waals surface area contributed by atoms with Gasteiger partial charge in [-0.2, -0.15) is 0 Å². The molecule has 0 radical (unpaired) electrons. The maximum Gasteiger partial charge on any atom is 0.220 e. The van der Waals surface area contributed by atoms with E-state index in [1.807, 2.05) is 24.3 Å². The van der Waals surface area contributed by atoms with Crippen LogP contribution in [0.15, 0.2) is 60.7 Å². The number of hydrogen-bond donors (Lipinski definition) is 1. The summed E-state index contributed by atoms with van der Waals surface area (Å²) in [4.78, 5) is 11.8. The number of amides is 1. The van der Waals surface area contributed by atoms with Crippen LogP contribution in [0.2, 0.25) is 0 Å². The summed E-state index contributed by atoms with van der Waals surface area (Å²) in [6, 6.07) is 7.89. The molecule has 1 aromatic carbocycles. The average Bonchev–Trinajstić information content (AvgIpc) is 2.73. The van der Waals surface area contributed by atoms with Gasteiger partial charge in [0.1, 0.15) is 5.75 Å². The van der Waals surface area contributed by atoms with Crippen molar-refractivity contribution in [2.24, 2.45) is 11.7 Å². The fourth-order valence-corrected chi connectivity index (χ4v) is 3.22. The van der Waals surface area contributed by atoms with Crippen LogP contribution in [-0.4, -0.2) is 13.0 Å². The van der Waals surface area contributed by atoms with Crippen LogP contribution in [0.1, 0.15) is 70.3 Å². The zero-order valence-corrected chi connectivity index (χ0v) is 18.3. The second-order valence-electron chi connectivity index (χ2n) is 7.44. The lowest BCUT2D eigenvalue weighted by Crippen LogP contribution is -2.25. The largest absolute Gasteiger partial charge is 0.497 e. The number of primary amides is 1. The fraction of sp³-hybridized carbons (Fsp3) is 0.500. The predicted molar refractivity (Wildman–Crippen MR) is 124 cm³/mol. The van der Waals surface area contributed by atoms with E-state index in [0.29, 0.717) is 6.42 Å². The van der Waals surface area contributed by atoms with Gasteiger partial charge in [0.15, 0.2) is 0 Å². The molecule has 3 nitrogen and oxygen atoms in total. The Balaban J connectivity index is 2.12. The maximum atomic E-state index is 11.8. The highest BCUT2D eigenvalue weighted by Crippen LogP contribution is 2.19. The van der Waals surface area contributed by atoms with Crippen molar-refractivity contribution in [2.75, 3.05) is 7.11 Å². The molecule has 0 spiro atoms. The predicted octanol–water partition coefficient (Wildman–Crippen LogP) is 6.54. The Morgan fingerprint density at radius 3 is 2.17 bits per heavy atom. The molecule has 160 valence electrons. The summed E-state index contributed by atoms with van der Waals surface area (Å²) in [5.74, 6) is 0.558. The van der Waals surface area contributed by atoms with E-state index in [-0.39, 0.29) is 11.8 Å². The molecule has 0 aliphatic heterocycles. The number of nitrogens with two attached hydrogens (primary N) is 1. The normalized spacial score (nSPS) is 12.9. The van der Waals surface area contributed by atoms with Crippen molar-refractivity contribution < 1.29 is 9.53 Å². The third-order valence-corrected chi connectivity index (χ3v) is 5.00. The number of methoxy groups -OCH3 is 1. The molecule has 0 aliphatic rings. The van der Waals surface area contributed by atoms with E-state index in [0.717, 1.165) is 56.3 Å². The van der Waals surface area contributed by atoms with Gasteiger partial charge < -0.3 is 10.5 Å². The third-order valence-electron chi connectivity index (χ3n) is 5.00. The van der Waals surface area contributed by atoms with Crippen molar-refractivity contribution in [3.05, 3.63) is 66.3 Å². The first-order chi connectivity index (χ1) is 14.2. The molecule has 29 heavy (non-hydrogen) atoms. The zero-order valence-electron chi connectivity index (χ0n) is 18.3. The van der Waals surface area contributed by atoms with Crippen molar-refractivity contribution in [2.45, 2.75) is 71.1 Å². The third kappa shape index (κ3) is 12.7. The lowest BCUT2D eigenvalue weighted by atomic mass is 9.93. The Morgan fingerprint density at radius 2 is 1.55 bits per heavy atom. The lowest BCUT2D eigenvalue weighted by molar-refractivity contribution is -0.122. The van der Waals surface area contributed by atoms with Gasteiger partial charge in [-0.05, 0) is 62.6 Å². The number of ether oxygens (including phenoxy) is 1. The highest BCUT2D eigenvalue weighted by molar-refractivity contribution is 5.76. The maximum absolute atomic E-state index is 11.8. The van der Waals surface area contributed by atoms with Gasteiger partial charge in [-0.1, -0.05) is 74.8 Å². The lowest BCUT2D eigenvalue weighted by Gasteiger charge is -2.13. The van der Waals surface area contributed by atoms with Crippen LogP contribution in [0.25, 0.3) is 0 Å². The van der Waals surface area contributed by atoms with Crippen molar-refractivity contribution in [1.82, 2.24) is 0 Å². The Hall–Kier alpha value is -2.29. The monoisotopic (exact) mass is 397 g/mol. The number of hydrogen-bond acceptors (Lipinski definition) is 2. The Labute approximate surface area is 177 Å². The minimum absolute atomic E-state index is 0.0813. The topological polar surface area (TPSA) is 52.3 Å². The van der Waals surface area contributed by atoms with Gasteiger partial charge in [-0.25, -0.2) is 0 Å². The summed E-state index contributed by atoms with van der Waals surface area (Å²) in [6.45, 7) is 2.15. The van der Waals surface area contributed by atoms with Gasteiger partial charge in [0.2, 0.25) is 5.91 Å². The standard InChI is InChI=1S/C26H39NO2/c1-3-4-5-6-7-8-9-10-11-12-13-14-15-16-17-24(26(27)28)22-23-18-20-25(29-2)21-19-23/h4-5,7-8,10-11,18-21,24H,3,6,9,12-17,22H2,1-2H3,(H2,27,28)/b5-4-,8-7-,11-10-. The summed E-state index contributed by atoms with van der Waals surface area (Å²) in [7, 11) is 1.65. The van der Waals surface area contributed by atoms with Crippen LogP contribution in [0.3, 0.4) is 0 Å². The molecular weight excluding hydrogens is 358 g/mol. The van der Waals surface area contributed by atoms with Gasteiger partial charge in [-0.3, -0.25) is 4.79 Å². The summed E-state index contributed by atoms with van der Waals surface area (Å²) < 4.78 is 5.18. The average molecular weight is 398 g/mol. The Bertz CT molecular complexity index is 629. The van der Waals surface area contributed by atoms with Crippen LogP contribution in [0.4, 0.5) is 0 Å².